The molecule has 2 aliphatic rings. The van der Waals surface area contributed by atoms with Gasteiger partial charge in [0.25, 0.3) is 0 Å². The Hall–Kier alpha value is -2.93. The van der Waals surface area contributed by atoms with Crippen molar-refractivity contribution in [3.05, 3.63) is 23.8 Å². The minimum atomic E-state index is -2.27. The fraction of sp³-hybridized carbons (Fsp3) is 0.640. The van der Waals surface area contributed by atoms with Gasteiger partial charge in [0, 0.05) is 38.3 Å². The number of anilines is 1. The van der Waals surface area contributed by atoms with Crippen molar-refractivity contribution in [3.63, 3.8) is 0 Å². The molecule has 4 unspecified atom stereocenters. The largest absolute Gasteiger partial charge is 0.479 e. The number of aliphatic carboxylic acids is 2. The van der Waals surface area contributed by atoms with E-state index in [4.69, 9.17) is 30.0 Å². The van der Waals surface area contributed by atoms with Gasteiger partial charge in [-0.25, -0.2) is 14.4 Å². The van der Waals surface area contributed by atoms with E-state index in [1.807, 2.05) is 30.3 Å². The highest BCUT2D eigenvalue weighted by Crippen LogP contribution is 2.50. The number of carboxylic acid groups (broad SMARTS) is 2. The minimum Gasteiger partial charge on any atom is -0.479 e. The van der Waals surface area contributed by atoms with Gasteiger partial charge in [-0.05, 0) is 36.6 Å². The number of nitrogens with one attached hydrogen (secondary N) is 1. The topological polar surface area (TPSA) is 169 Å². The summed E-state index contributed by atoms with van der Waals surface area (Å²) in [7, 11) is 4.03. The second kappa shape index (κ2) is 13.6. The van der Waals surface area contributed by atoms with Crippen LogP contribution in [0, 0.1) is 0 Å². The molecule has 1 saturated heterocycles. The van der Waals surface area contributed by atoms with Gasteiger partial charge < -0.3 is 35.4 Å². The van der Waals surface area contributed by atoms with Crippen molar-refractivity contribution >= 4 is 23.7 Å². The van der Waals surface area contributed by atoms with E-state index >= 15 is 0 Å². The van der Waals surface area contributed by atoms with Gasteiger partial charge in [-0.3, -0.25) is 4.84 Å². The van der Waals surface area contributed by atoms with E-state index in [9.17, 15) is 14.4 Å². The van der Waals surface area contributed by atoms with Crippen LogP contribution in [0.25, 0.3) is 0 Å². The van der Waals surface area contributed by atoms with Crippen LogP contribution in [0.15, 0.2) is 18.2 Å². The second-order valence-electron chi connectivity index (χ2n) is 9.56. The van der Waals surface area contributed by atoms with Crippen molar-refractivity contribution in [2.45, 2.75) is 76.2 Å². The number of carboxylic acids is 2. The Bertz CT molecular complexity index is 926. The number of hydrogen-bond donors (Lipinski definition) is 5. The number of aliphatic hydroxyl groups excluding tert-OH is 2. The Morgan fingerprint density at radius 1 is 1.11 bits per heavy atom. The number of rotatable bonds is 10. The summed E-state index contributed by atoms with van der Waals surface area (Å²) >= 11 is 0. The summed E-state index contributed by atoms with van der Waals surface area (Å²) in [5.74, 6) is -2.95. The molecule has 3 rings (SSSR count). The standard InChI is InChI=1S/C21H33N3O3.C4H6O6/c1-5-6-7-8-9-13-22-20(25)26-16-10-11-18-17(15-16)21(2)12-14-23(3)27-19(21)24(18)4;5-1(3(7)8)2(6)4(9)10/h10-11,15,19H,5-9,12-14H2,1-4H3,(H,22,25);1-2,5-6H,(H,7,8)(H,9,10). The number of unbranched alkanes of at least 4 members (excludes halogenated alkanes) is 4. The maximum absolute atomic E-state index is 12.1. The number of benzene rings is 1. The molecule has 0 radical (unpaired) electrons. The molecule has 1 aromatic carbocycles. The van der Waals surface area contributed by atoms with E-state index in [2.05, 4.69) is 31.1 Å². The summed E-state index contributed by atoms with van der Waals surface area (Å²) in [6.45, 7) is 5.97. The van der Waals surface area contributed by atoms with Crippen LogP contribution in [-0.4, -0.2) is 89.1 Å². The van der Waals surface area contributed by atoms with E-state index in [1.165, 1.54) is 24.8 Å². The fourth-order valence-electron chi connectivity index (χ4n) is 4.42. The van der Waals surface area contributed by atoms with Crippen molar-refractivity contribution in [2.75, 3.05) is 32.1 Å². The molecule has 0 spiro atoms. The van der Waals surface area contributed by atoms with Gasteiger partial charge in [0.15, 0.2) is 18.4 Å². The number of hydroxylamine groups is 2. The smallest absolute Gasteiger partial charge is 0.412 e. The van der Waals surface area contributed by atoms with Gasteiger partial charge in [0.05, 0.1) is 0 Å². The van der Waals surface area contributed by atoms with Crippen molar-refractivity contribution in [3.8, 4) is 5.75 Å². The molecule has 12 heteroatoms. The highest BCUT2D eigenvalue weighted by Gasteiger charge is 2.50. The number of nitrogens with zero attached hydrogens (tertiary/aromatic N) is 2. The van der Waals surface area contributed by atoms with Crippen molar-refractivity contribution < 1.29 is 44.4 Å². The lowest BCUT2D eigenvalue weighted by Crippen LogP contribution is -2.52. The first-order chi connectivity index (χ1) is 17.4. The Balaban J connectivity index is 0.000000410. The first-order valence-corrected chi connectivity index (χ1v) is 12.4. The van der Waals surface area contributed by atoms with Gasteiger partial charge in [0.1, 0.15) is 5.75 Å². The van der Waals surface area contributed by atoms with Crippen molar-refractivity contribution in [1.82, 2.24) is 10.4 Å². The molecule has 5 N–H and O–H groups in total. The highest BCUT2D eigenvalue weighted by atomic mass is 16.7. The van der Waals surface area contributed by atoms with Crippen molar-refractivity contribution in [2.24, 2.45) is 0 Å². The molecule has 0 aliphatic carbocycles. The molecular weight excluding hydrogens is 486 g/mol. The Kier molecular flexibility index (Phi) is 11.1. The Morgan fingerprint density at radius 3 is 2.32 bits per heavy atom. The second-order valence-corrected chi connectivity index (χ2v) is 9.56. The molecule has 0 saturated carbocycles. The van der Waals surface area contributed by atoms with Gasteiger partial charge in [0.2, 0.25) is 0 Å². The molecule has 1 amide bonds. The molecule has 2 heterocycles. The lowest BCUT2D eigenvalue weighted by atomic mass is 9.79. The maximum Gasteiger partial charge on any atom is 0.412 e. The molecule has 0 bridgehead atoms. The van der Waals surface area contributed by atoms with E-state index in [-0.39, 0.29) is 17.7 Å². The zero-order valence-electron chi connectivity index (χ0n) is 21.8. The van der Waals surface area contributed by atoms with Gasteiger partial charge in [-0.15, -0.1) is 0 Å². The molecule has 0 aromatic heterocycles. The lowest BCUT2D eigenvalue weighted by Gasteiger charge is -2.42. The molecule has 2 aliphatic heterocycles. The molecule has 208 valence electrons. The summed E-state index contributed by atoms with van der Waals surface area (Å²) < 4.78 is 5.53. The average Bonchev–Trinajstić information content (AvgIpc) is 3.07. The van der Waals surface area contributed by atoms with Crippen LogP contribution in [0.5, 0.6) is 5.75 Å². The summed E-state index contributed by atoms with van der Waals surface area (Å²) in [6, 6.07) is 5.89. The minimum absolute atomic E-state index is 0.0292. The van der Waals surface area contributed by atoms with Crippen LogP contribution in [0.1, 0.15) is 57.9 Å². The predicted octanol–water partition coefficient (Wildman–Crippen LogP) is 1.92. The normalized spacial score (nSPS) is 22.1. The van der Waals surface area contributed by atoms with E-state index in [0.29, 0.717) is 12.3 Å². The van der Waals surface area contributed by atoms with Crippen LogP contribution in [0.3, 0.4) is 0 Å². The molecule has 12 nitrogen and oxygen atoms in total. The fourth-order valence-corrected chi connectivity index (χ4v) is 4.42. The molecule has 4 atom stereocenters. The Labute approximate surface area is 216 Å². The monoisotopic (exact) mass is 525 g/mol. The number of fused-ring (bicyclic) bond motifs is 3. The van der Waals surface area contributed by atoms with Crippen LogP contribution < -0.4 is 15.0 Å². The van der Waals surface area contributed by atoms with E-state index in [0.717, 1.165) is 31.5 Å². The summed E-state index contributed by atoms with van der Waals surface area (Å²) in [4.78, 5) is 39.9. The predicted molar refractivity (Wildman–Crippen MR) is 134 cm³/mol. The third kappa shape index (κ3) is 7.78. The number of likely N-dealkylation sites (N-methyl/N-ethyl adjacent to an activating group) is 1. The zero-order valence-corrected chi connectivity index (χ0v) is 21.8. The SMILES string of the molecule is CCCCCCCNC(=O)Oc1ccc2c(c1)C1(C)CCN(C)OC1N2C.O=C(O)C(O)C(O)C(=O)O. The lowest BCUT2D eigenvalue weighted by molar-refractivity contribution is -0.226. The van der Waals surface area contributed by atoms with Crippen LogP contribution in [-0.2, 0) is 19.8 Å². The van der Waals surface area contributed by atoms with Crippen LogP contribution in [0.2, 0.25) is 0 Å². The first kappa shape index (κ1) is 30.3. The van der Waals surface area contributed by atoms with E-state index in [1.54, 1.807) is 0 Å². The number of carbonyl (C=O) groups excluding carboxylic acids is 1. The highest BCUT2D eigenvalue weighted by molar-refractivity contribution is 5.83. The summed E-state index contributed by atoms with van der Waals surface area (Å²) in [5, 5.41) is 37.3. The third-order valence-electron chi connectivity index (χ3n) is 6.65. The zero-order chi connectivity index (χ0) is 27.8. The molecule has 1 fully saturated rings. The quantitative estimate of drug-likeness (QED) is 0.283. The number of carbonyl (C=O) groups is 3. The Morgan fingerprint density at radius 2 is 1.73 bits per heavy atom. The van der Waals surface area contributed by atoms with Crippen molar-refractivity contribution in [1.29, 1.82) is 0 Å². The average molecular weight is 526 g/mol. The van der Waals surface area contributed by atoms with Crippen LogP contribution >= 0.6 is 0 Å². The molecular formula is C25H39N3O9. The van der Waals surface area contributed by atoms with Gasteiger partial charge >= 0.3 is 18.0 Å². The number of aliphatic hydroxyl groups is 2. The third-order valence-corrected chi connectivity index (χ3v) is 6.65. The number of hydrogen-bond acceptors (Lipinski definition) is 9. The van der Waals surface area contributed by atoms with Crippen LogP contribution in [0.4, 0.5) is 10.5 Å². The molecule has 1 aromatic rings. The van der Waals surface area contributed by atoms with Gasteiger partial charge in [-0.1, -0.05) is 39.5 Å². The summed E-state index contributed by atoms with van der Waals surface area (Å²) in [6.07, 6.45) is 1.91. The first-order valence-electron chi connectivity index (χ1n) is 12.4. The summed E-state index contributed by atoms with van der Waals surface area (Å²) in [5.41, 5.74) is 2.22. The van der Waals surface area contributed by atoms with E-state index < -0.39 is 24.1 Å². The number of ether oxygens (including phenoxy) is 1. The maximum atomic E-state index is 12.1. The van der Waals surface area contributed by atoms with Gasteiger partial charge in [-0.2, -0.15) is 5.06 Å². The molecule has 37 heavy (non-hydrogen) atoms. The number of amides is 1.